The second-order valence-electron chi connectivity index (χ2n) is 3.16. The minimum absolute atomic E-state index is 0.214. The average Bonchev–Trinajstić information content (AvgIpc) is 2.75. The number of hydrogen-bond acceptors (Lipinski definition) is 2. The second-order valence-corrected chi connectivity index (χ2v) is 3.16. The Balaban J connectivity index is 2.03. The van der Waals surface area contributed by atoms with Crippen LogP contribution in [0.3, 0.4) is 0 Å². The third-order valence-electron chi connectivity index (χ3n) is 2.33. The van der Waals surface area contributed by atoms with Gasteiger partial charge in [0.2, 0.25) is 0 Å². The Hall–Kier alpha value is -1.52. The van der Waals surface area contributed by atoms with E-state index in [1.165, 1.54) is 4.90 Å². The van der Waals surface area contributed by atoms with Crippen LogP contribution in [-0.2, 0) is 0 Å². The Morgan fingerprint density at radius 1 is 1.62 bits per heavy atom. The molecule has 1 saturated heterocycles. The molecule has 0 unspecified atom stereocenters. The van der Waals surface area contributed by atoms with Gasteiger partial charge in [0.05, 0.1) is 6.04 Å². The molecule has 0 aromatic carbocycles. The molecule has 0 saturated carbocycles. The molecule has 70 valence electrons. The molecule has 5 nitrogen and oxygen atoms in total. The van der Waals surface area contributed by atoms with Crippen molar-refractivity contribution >= 4 is 6.09 Å². The summed E-state index contributed by atoms with van der Waals surface area (Å²) in [7, 11) is 0. The van der Waals surface area contributed by atoms with Crippen LogP contribution in [0.15, 0.2) is 18.5 Å². The van der Waals surface area contributed by atoms with Crippen molar-refractivity contribution < 1.29 is 9.90 Å². The largest absolute Gasteiger partial charge is 0.465 e. The summed E-state index contributed by atoms with van der Waals surface area (Å²) in [5.74, 6) is 0. The maximum absolute atomic E-state index is 10.6. The molecule has 1 amide bonds. The third kappa shape index (κ3) is 1.49. The minimum atomic E-state index is -0.838. The summed E-state index contributed by atoms with van der Waals surface area (Å²) in [5.41, 5.74) is 0. The van der Waals surface area contributed by atoms with E-state index in [0.717, 1.165) is 6.42 Å². The molecule has 1 aromatic rings. The van der Waals surface area contributed by atoms with Crippen LogP contribution < -0.4 is 0 Å². The first-order chi connectivity index (χ1) is 6.27. The van der Waals surface area contributed by atoms with E-state index in [0.29, 0.717) is 13.1 Å². The van der Waals surface area contributed by atoms with Crippen LogP contribution in [0.2, 0.25) is 0 Å². The van der Waals surface area contributed by atoms with Gasteiger partial charge in [-0.2, -0.15) is 5.10 Å². The molecular formula is C8H11N3O2. The van der Waals surface area contributed by atoms with E-state index in [4.69, 9.17) is 5.11 Å². The van der Waals surface area contributed by atoms with Gasteiger partial charge < -0.3 is 10.0 Å². The van der Waals surface area contributed by atoms with E-state index in [2.05, 4.69) is 5.10 Å². The molecule has 1 aliphatic heterocycles. The topological polar surface area (TPSA) is 58.4 Å². The highest BCUT2D eigenvalue weighted by Gasteiger charge is 2.26. The van der Waals surface area contributed by atoms with Gasteiger partial charge in [-0.1, -0.05) is 0 Å². The lowest BCUT2D eigenvalue weighted by atomic mass is 10.3. The van der Waals surface area contributed by atoms with Gasteiger partial charge in [-0.05, 0) is 12.5 Å². The number of nitrogens with zero attached hydrogens (tertiary/aromatic N) is 3. The van der Waals surface area contributed by atoms with E-state index >= 15 is 0 Å². The molecule has 0 spiro atoms. The lowest BCUT2D eigenvalue weighted by Crippen LogP contribution is -2.27. The molecular weight excluding hydrogens is 170 g/mol. The normalized spacial score (nSPS) is 22.2. The van der Waals surface area contributed by atoms with Crippen molar-refractivity contribution in [1.29, 1.82) is 0 Å². The number of hydrogen-bond donors (Lipinski definition) is 1. The summed E-state index contributed by atoms with van der Waals surface area (Å²) < 4.78 is 1.82. The summed E-state index contributed by atoms with van der Waals surface area (Å²) in [5, 5.41) is 12.8. The number of amides is 1. The molecule has 13 heavy (non-hydrogen) atoms. The van der Waals surface area contributed by atoms with Crippen LogP contribution in [-0.4, -0.2) is 39.0 Å². The molecule has 1 aliphatic rings. The fourth-order valence-corrected chi connectivity index (χ4v) is 1.63. The number of carboxylic acid groups (broad SMARTS) is 1. The van der Waals surface area contributed by atoms with Crippen molar-refractivity contribution in [3.05, 3.63) is 18.5 Å². The molecule has 1 N–H and O–H groups in total. The summed E-state index contributed by atoms with van der Waals surface area (Å²) in [6, 6.07) is 2.06. The molecule has 2 rings (SSSR count). The van der Waals surface area contributed by atoms with E-state index in [1.54, 1.807) is 6.20 Å². The highest BCUT2D eigenvalue weighted by atomic mass is 16.4. The molecule has 0 radical (unpaired) electrons. The number of rotatable bonds is 1. The Bertz CT molecular complexity index is 296. The van der Waals surface area contributed by atoms with Gasteiger partial charge >= 0.3 is 6.09 Å². The Morgan fingerprint density at radius 2 is 2.46 bits per heavy atom. The van der Waals surface area contributed by atoms with Crippen molar-refractivity contribution in [3.8, 4) is 0 Å². The van der Waals surface area contributed by atoms with Crippen LogP contribution in [0.1, 0.15) is 12.5 Å². The van der Waals surface area contributed by atoms with Crippen molar-refractivity contribution in [3.63, 3.8) is 0 Å². The quantitative estimate of drug-likeness (QED) is 0.697. The van der Waals surface area contributed by atoms with Gasteiger partial charge in [0, 0.05) is 25.5 Å². The van der Waals surface area contributed by atoms with Crippen molar-refractivity contribution in [2.45, 2.75) is 12.5 Å². The summed E-state index contributed by atoms with van der Waals surface area (Å²) >= 11 is 0. The fourth-order valence-electron chi connectivity index (χ4n) is 1.63. The van der Waals surface area contributed by atoms with Crippen LogP contribution in [0.4, 0.5) is 4.79 Å². The third-order valence-corrected chi connectivity index (χ3v) is 2.33. The first kappa shape index (κ1) is 8.10. The van der Waals surface area contributed by atoms with Crippen molar-refractivity contribution in [1.82, 2.24) is 14.7 Å². The Labute approximate surface area is 75.6 Å². The smallest absolute Gasteiger partial charge is 0.407 e. The van der Waals surface area contributed by atoms with Gasteiger partial charge in [-0.15, -0.1) is 0 Å². The van der Waals surface area contributed by atoms with E-state index < -0.39 is 6.09 Å². The number of likely N-dealkylation sites (tertiary alicyclic amines) is 1. The molecule has 1 atom stereocenters. The second kappa shape index (κ2) is 3.08. The predicted octanol–water partition coefficient (Wildman–Crippen LogP) is 0.808. The first-order valence-electron chi connectivity index (χ1n) is 4.24. The highest BCUT2D eigenvalue weighted by molar-refractivity contribution is 5.65. The molecule has 0 aliphatic carbocycles. The van der Waals surface area contributed by atoms with Gasteiger partial charge in [0.25, 0.3) is 0 Å². The van der Waals surface area contributed by atoms with Crippen LogP contribution in [0.5, 0.6) is 0 Å². The van der Waals surface area contributed by atoms with Crippen molar-refractivity contribution in [2.75, 3.05) is 13.1 Å². The van der Waals surface area contributed by atoms with E-state index in [1.807, 2.05) is 16.9 Å². The lowest BCUT2D eigenvalue weighted by Gasteiger charge is -2.12. The van der Waals surface area contributed by atoms with E-state index in [9.17, 15) is 4.79 Å². The summed E-state index contributed by atoms with van der Waals surface area (Å²) in [6.45, 7) is 1.16. The zero-order chi connectivity index (χ0) is 9.26. The van der Waals surface area contributed by atoms with Crippen LogP contribution >= 0.6 is 0 Å². The van der Waals surface area contributed by atoms with Crippen LogP contribution in [0.25, 0.3) is 0 Å². The summed E-state index contributed by atoms with van der Waals surface area (Å²) in [4.78, 5) is 12.0. The highest BCUT2D eigenvalue weighted by Crippen LogP contribution is 2.19. The lowest BCUT2D eigenvalue weighted by molar-refractivity contribution is 0.154. The maximum atomic E-state index is 10.6. The van der Waals surface area contributed by atoms with Crippen molar-refractivity contribution in [2.24, 2.45) is 0 Å². The zero-order valence-electron chi connectivity index (χ0n) is 7.13. The number of carbonyl (C=O) groups is 1. The number of aromatic nitrogens is 2. The molecule has 5 heteroatoms. The van der Waals surface area contributed by atoms with E-state index in [-0.39, 0.29) is 6.04 Å². The minimum Gasteiger partial charge on any atom is -0.465 e. The average molecular weight is 181 g/mol. The Kier molecular flexibility index (Phi) is 1.92. The first-order valence-corrected chi connectivity index (χ1v) is 4.24. The monoisotopic (exact) mass is 181 g/mol. The van der Waals surface area contributed by atoms with Crippen LogP contribution in [0, 0.1) is 0 Å². The molecule has 0 bridgehead atoms. The summed E-state index contributed by atoms with van der Waals surface area (Å²) in [6.07, 6.45) is 3.60. The van der Waals surface area contributed by atoms with Gasteiger partial charge in [-0.25, -0.2) is 4.79 Å². The molecule has 2 heterocycles. The van der Waals surface area contributed by atoms with Gasteiger partial charge in [0.15, 0.2) is 0 Å². The standard InChI is InChI=1S/C8H11N3O2/c12-8(13)10-5-2-7(6-10)11-4-1-3-9-11/h1,3-4,7H,2,5-6H2,(H,12,13)/t7-/m1/s1. The SMILES string of the molecule is O=C(O)N1CC[C@@H](n2cccn2)C1. The molecule has 1 aromatic heterocycles. The predicted molar refractivity (Wildman–Crippen MR) is 45.5 cm³/mol. The molecule has 1 fully saturated rings. The van der Waals surface area contributed by atoms with Gasteiger partial charge in [-0.3, -0.25) is 4.68 Å². The fraction of sp³-hybridized carbons (Fsp3) is 0.500. The maximum Gasteiger partial charge on any atom is 0.407 e. The van der Waals surface area contributed by atoms with Gasteiger partial charge in [0.1, 0.15) is 0 Å². The Morgan fingerprint density at radius 3 is 3.00 bits per heavy atom. The zero-order valence-corrected chi connectivity index (χ0v) is 7.13.